The van der Waals surface area contributed by atoms with Crippen LogP contribution in [0.4, 0.5) is 0 Å². The van der Waals surface area contributed by atoms with Gasteiger partial charge < -0.3 is 20.3 Å². The first kappa shape index (κ1) is 36.5. The number of aliphatic imine (C=N–C) groups is 2. The van der Waals surface area contributed by atoms with Crippen molar-refractivity contribution >= 4 is 17.6 Å². The molecule has 3 aliphatic carbocycles. The van der Waals surface area contributed by atoms with Crippen LogP contribution in [0.15, 0.2) is 80.3 Å². The standard InChI is InChI=1S/C40H59N3O4/c1-5-28(3)15-8-7-9-17-30(18-14-16-29(4)6-2)27-47-40(46)32-25-23-31(24-26-32)37-41-38(33-19-10-12-21-35(33)44)43-39(42-37)34-20-11-13-22-36(34)45/h10,19-20,22-23,25,28-30,38,44-45H,5-9,11-18,21,24,26-27H2,1-4H3,(H,41,42,43). The lowest BCUT2D eigenvalue weighted by molar-refractivity contribution is -0.140. The molecule has 1 aliphatic heterocycles. The zero-order valence-electron chi connectivity index (χ0n) is 29.4. The normalized spacial score (nSPS) is 21.7. The van der Waals surface area contributed by atoms with E-state index in [1.807, 2.05) is 36.5 Å². The molecule has 0 amide bonds. The molecule has 47 heavy (non-hydrogen) atoms. The van der Waals surface area contributed by atoms with E-state index in [4.69, 9.17) is 14.7 Å². The van der Waals surface area contributed by atoms with E-state index in [-0.39, 0.29) is 11.7 Å². The largest absolute Gasteiger partial charge is 0.512 e. The fourth-order valence-electron chi connectivity index (χ4n) is 6.55. The number of esters is 1. The van der Waals surface area contributed by atoms with Gasteiger partial charge in [0.15, 0.2) is 12.0 Å². The number of hydrogen-bond acceptors (Lipinski definition) is 7. The van der Waals surface area contributed by atoms with Crippen LogP contribution in [0.25, 0.3) is 0 Å². The van der Waals surface area contributed by atoms with Gasteiger partial charge in [-0.25, -0.2) is 14.8 Å². The summed E-state index contributed by atoms with van der Waals surface area (Å²) < 4.78 is 5.95. The van der Waals surface area contributed by atoms with E-state index in [1.165, 1.54) is 51.4 Å². The van der Waals surface area contributed by atoms with E-state index in [9.17, 15) is 15.0 Å². The second-order valence-corrected chi connectivity index (χ2v) is 14.0. The summed E-state index contributed by atoms with van der Waals surface area (Å²) in [7, 11) is 0. The van der Waals surface area contributed by atoms with Crippen molar-refractivity contribution in [2.45, 2.75) is 137 Å². The Kier molecular flexibility index (Phi) is 14.6. The molecule has 0 radical (unpaired) electrons. The van der Waals surface area contributed by atoms with E-state index in [0.29, 0.717) is 65.9 Å². The molecular formula is C40H59N3O4. The molecule has 258 valence electrons. The second-order valence-electron chi connectivity index (χ2n) is 14.0. The van der Waals surface area contributed by atoms with E-state index in [2.05, 4.69) is 33.0 Å². The third-order valence-corrected chi connectivity index (χ3v) is 10.3. The maximum atomic E-state index is 13.2. The number of carbonyl (C=O) groups excluding carboxylic acids is 1. The molecule has 0 bridgehead atoms. The lowest BCUT2D eigenvalue weighted by Gasteiger charge is -2.28. The van der Waals surface area contributed by atoms with Gasteiger partial charge in [-0.2, -0.15) is 0 Å². The zero-order chi connectivity index (χ0) is 33.6. The number of nitrogens with zero attached hydrogens (tertiary/aromatic N) is 2. The highest BCUT2D eigenvalue weighted by atomic mass is 16.5. The molecule has 4 atom stereocenters. The minimum atomic E-state index is -0.520. The van der Waals surface area contributed by atoms with E-state index in [0.717, 1.165) is 49.5 Å². The highest BCUT2D eigenvalue weighted by molar-refractivity contribution is 6.14. The van der Waals surface area contributed by atoms with Crippen LogP contribution < -0.4 is 5.32 Å². The van der Waals surface area contributed by atoms with Gasteiger partial charge in [0.1, 0.15) is 11.6 Å². The summed E-state index contributed by atoms with van der Waals surface area (Å²) in [6.45, 7) is 9.68. The quantitative estimate of drug-likeness (QED) is 0.102. The van der Waals surface area contributed by atoms with Gasteiger partial charge >= 0.3 is 5.97 Å². The molecule has 0 aromatic heterocycles. The number of carbonyl (C=O) groups is 1. The number of ether oxygens (including phenoxy) is 1. The smallest absolute Gasteiger partial charge is 0.334 e. The van der Waals surface area contributed by atoms with Crippen molar-refractivity contribution in [3.05, 3.63) is 70.3 Å². The van der Waals surface area contributed by atoms with E-state index >= 15 is 0 Å². The molecule has 0 fully saturated rings. The van der Waals surface area contributed by atoms with Gasteiger partial charge in [0.2, 0.25) is 0 Å². The molecule has 0 aromatic carbocycles. The minimum absolute atomic E-state index is 0.201. The SMILES string of the molecule is CCC(C)CCCCCC(CCCC(C)CC)COC(=O)C1=CC=C(C2=NC(C3=C(O)CCC=C3)NC(C3=CCCC=C3O)=N2)CC1. The van der Waals surface area contributed by atoms with Crippen molar-refractivity contribution < 1.29 is 19.7 Å². The number of allylic oxidation sites excluding steroid dienone is 6. The van der Waals surface area contributed by atoms with Crippen molar-refractivity contribution in [2.75, 3.05) is 6.61 Å². The Balaban J connectivity index is 1.41. The molecule has 0 spiro atoms. The van der Waals surface area contributed by atoms with Crippen molar-refractivity contribution in [3.8, 4) is 0 Å². The van der Waals surface area contributed by atoms with Gasteiger partial charge in [-0.05, 0) is 74.3 Å². The Morgan fingerprint density at radius 3 is 2.34 bits per heavy atom. The Bertz CT molecular complexity index is 1330. The summed E-state index contributed by atoms with van der Waals surface area (Å²) in [5, 5.41) is 24.6. The maximum Gasteiger partial charge on any atom is 0.334 e. The highest BCUT2D eigenvalue weighted by Gasteiger charge is 2.28. The molecular weight excluding hydrogens is 586 g/mol. The van der Waals surface area contributed by atoms with E-state index < -0.39 is 6.17 Å². The maximum absolute atomic E-state index is 13.2. The number of amidine groups is 2. The van der Waals surface area contributed by atoms with Crippen LogP contribution in [0.3, 0.4) is 0 Å². The number of aliphatic hydroxyl groups excluding tert-OH is 2. The Morgan fingerprint density at radius 1 is 0.915 bits per heavy atom. The van der Waals surface area contributed by atoms with Crippen LogP contribution in [-0.4, -0.2) is 40.6 Å². The number of unbranched alkanes of at least 4 members (excludes halogenated alkanes) is 2. The summed E-state index contributed by atoms with van der Waals surface area (Å²) >= 11 is 0. The van der Waals surface area contributed by atoms with Crippen LogP contribution in [-0.2, 0) is 9.53 Å². The first-order valence-electron chi connectivity index (χ1n) is 18.5. The summed E-state index contributed by atoms with van der Waals surface area (Å²) in [5.41, 5.74) is 2.97. The molecule has 1 heterocycles. The van der Waals surface area contributed by atoms with Crippen LogP contribution >= 0.6 is 0 Å². The van der Waals surface area contributed by atoms with Crippen molar-refractivity contribution in [3.63, 3.8) is 0 Å². The zero-order valence-corrected chi connectivity index (χ0v) is 29.4. The molecule has 7 heteroatoms. The van der Waals surface area contributed by atoms with E-state index in [1.54, 1.807) is 0 Å². The predicted octanol–water partition coefficient (Wildman–Crippen LogP) is 10.1. The summed E-state index contributed by atoms with van der Waals surface area (Å²) in [5.74, 6) is 3.36. The summed E-state index contributed by atoms with van der Waals surface area (Å²) in [6.07, 6.45) is 27.3. The first-order valence-corrected chi connectivity index (χ1v) is 18.5. The molecule has 3 N–H and O–H groups in total. The molecule has 4 aliphatic rings. The number of rotatable bonds is 18. The Labute approximate surface area is 283 Å². The Morgan fingerprint density at radius 2 is 1.64 bits per heavy atom. The number of nitrogens with one attached hydrogen (secondary N) is 1. The van der Waals surface area contributed by atoms with Crippen LogP contribution in [0.2, 0.25) is 0 Å². The fraction of sp³-hybridized carbons (Fsp3) is 0.625. The van der Waals surface area contributed by atoms with Gasteiger partial charge in [-0.1, -0.05) is 109 Å². The van der Waals surface area contributed by atoms with Gasteiger partial charge in [0, 0.05) is 17.6 Å². The minimum Gasteiger partial charge on any atom is -0.512 e. The molecule has 0 aromatic rings. The second kappa shape index (κ2) is 18.8. The lowest BCUT2D eigenvalue weighted by atomic mass is 9.92. The van der Waals surface area contributed by atoms with Crippen molar-refractivity contribution in [1.82, 2.24) is 5.32 Å². The van der Waals surface area contributed by atoms with Crippen LogP contribution in [0, 0.1) is 17.8 Å². The highest BCUT2D eigenvalue weighted by Crippen LogP contribution is 2.29. The van der Waals surface area contributed by atoms with Crippen LogP contribution in [0.5, 0.6) is 0 Å². The summed E-state index contributed by atoms with van der Waals surface area (Å²) in [6, 6.07) is 0. The average molecular weight is 646 g/mol. The Hall–Kier alpha value is -3.35. The van der Waals surface area contributed by atoms with Crippen molar-refractivity contribution in [1.29, 1.82) is 0 Å². The van der Waals surface area contributed by atoms with Gasteiger partial charge in [-0.3, -0.25) is 0 Å². The predicted molar refractivity (Wildman–Crippen MR) is 194 cm³/mol. The summed E-state index contributed by atoms with van der Waals surface area (Å²) in [4.78, 5) is 22.9. The molecule has 0 saturated heterocycles. The number of aliphatic hydroxyl groups is 2. The fourth-order valence-corrected chi connectivity index (χ4v) is 6.55. The average Bonchev–Trinajstić information content (AvgIpc) is 3.10. The van der Waals surface area contributed by atoms with Crippen LogP contribution in [0.1, 0.15) is 130 Å². The lowest BCUT2D eigenvalue weighted by Crippen LogP contribution is -2.41. The third-order valence-electron chi connectivity index (χ3n) is 10.3. The topological polar surface area (TPSA) is 104 Å². The van der Waals surface area contributed by atoms with Gasteiger partial charge in [0.25, 0.3) is 0 Å². The van der Waals surface area contributed by atoms with Gasteiger partial charge in [-0.15, -0.1) is 0 Å². The molecule has 0 saturated carbocycles. The first-order chi connectivity index (χ1) is 22.8. The van der Waals surface area contributed by atoms with Gasteiger partial charge in [0.05, 0.1) is 17.9 Å². The van der Waals surface area contributed by atoms with Crippen molar-refractivity contribution in [2.24, 2.45) is 27.7 Å². The third kappa shape index (κ3) is 11.1. The molecule has 7 nitrogen and oxygen atoms in total. The monoisotopic (exact) mass is 645 g/mol. The number of hydrogen-bond donors (Lipinski definition) is 3. The molecule has 4 rings (SSSR count). The molecule has 4 unspecified atom stereocenters.